The Kier molecular flexibility index (Phi) is 8.47. The molecule has 1 aromatic rings. The van der Waals surface area contributed by atoms with Gasteiger partial charge in [-0.15, -0.1) is 0 Å². The fourth-order valence-electron chi connectivity index (χ4n) is 1.97. The summed E-state index contributed by atoms with van der Waals surface area (Å²) in [5, 5.41) is 8.51. The molecule has 0 aliphatic carbocycles. The van der Waals surface area contributed by atoms with Crippen molar-refractivity contribution in [2.75, 3.05) is 0 Å². The van der Waals surface area contributed by atoms with Crippen LogP contribution in [0.5, 0.6) is 0 Å². The van der Waals surface area contributed by atoms with Crippen molar-refractivity contribution in [2.24, 2.45) is 0 Å². The Bertz CT molecular complexity index is 688. The Morgan fingerprint density at radius 1 is 1.21 bits per heavy atom. The fraction of sp³-hybridized carbons (Fsp3) is 0.471. The molecule has 0 fully saturated rings. The van der Waals surface area contributed by atoms with E-state index in [9.17, 15) is 13.2 Å². The summed E-state index contributed by atoms with van der Waals surface area (Å²) in [7, 11) is -3.84. The minimum absolute atomic E-state index is 0.0357. The number of hydrogen-bond donors (Lipinski definition) is 3. The summed E-state index contributed by atoms with van der Waals surface area (Å²) < 4.78 is 26.4. The first-order valence-electron chi connectivity index (χ1n) is 7.96. The van der Waals surface area contributed by atoms with Gasteiger partial charge in [0, 0.05) is 12.0 Å². The van der Waals surface area contributed by atoms with Crippen LogP contribution in [0.25, 0.3) is 0 Å². The van der Waals surface area contributed by atoms with Crippen molar-refractivity contribution in [1.82, 2.24) is 10.2 Å². The average molecular weight is 352 g/mol. The van der Waals surface area contributed by atoms with Crippen molar-refractivity contribution < 1.29 is 18.4 Å². The molecule has 0 saturated carbocycles. The van der Waals surface area contributed by atoms with Crippen LogP contribution in [0.4, 0.5) is 0 Å². The Morgan fingerprint density at radius 2 is 1.88 bits per heavy atom. The van der Waals surface area contributed by atoms with Gasteiger partial charge in [-0.3, -0.25) is 10.0 Å². The second-order valence-corrected chi connectivity index (χ2v) is 7.17. The van der Waals surface area contributed by atoms with E-state index in [0.29, 0.717) is 0 Å². The largest absolute Gasteiger partial charge is 0.289 e. The molecule has 1 amide bonds. The van der Waals surface area contributed by atoms with Crippen LogP contribution in [-0.2, 0) is 14.8 Å². The maximum Gasteiger partial charge on any atom is 0.261 e. The summed E-state index contributed by atoms with van der Waals surface area (Å²) in [5.74, 6) is 5.25. The molecule has 1 aromatic carbocycles. The summed E-state index contributed by atoms with van der Waals surface area (Å²) >= 11 is 0. The quantitative estimate of drug-likeness (QED) is 0.289. The SMILES string of the molecule is CCCCCCC#Cc1ccc(S(=O)(=O)N[C@H](C)C(=O)NO)cc1. The van der Waals surface area contributed by atoms with Gasteiger partial charge in [-0.25, -0.2) is 13.9 Å². The molecule has 0 aliphatic rings. The van der Waals surface area contributed by atoms with Gasteiger partial charge in [-0.2, -0.15) is 4.72 Å². The van der Waals surface area contributed by atoms with Crippen LogP contribution in [0.15, 0.2) is 29.2 Å². The first-order chi connectivity index (χ1) is 11.4. The topological polar surface area (TPSA) is 95.5 Å². The maximum atomic E-state index is 12.1. The number of hydroxylamine groups is 1. The molecule has 0 saturated heterocycles. The van der Waals surface area contributed by atoms with Gasteiger partial charge in [-0.1, -0.05) is 38.0 Å². The van der Waals surface area contributed by atoms with E-state index in [4.69, 9.17) is 5.21 Å². The summed E-state index contributed by atoms with van der Waals surface area (Å²) in [6.45, 7) is 3.49. The third kappa shape index (κ3) is 6.71. The Labute approximate surface area is 143 Å². The molecule has 0 aliphatic heterocycles. The van der Waals surface area contributed by atoms with Crippen molar-refractivity contribution in [1.29, 1.82) is 0 Å². The summed E-state index contributed by atoms with van der Waals surface area (Å²) in [6.07, 6.45) is 5.48. The third-order valence-corrected chi connectivity index (χ3v) is 4.94. The van der Waals surface area contributed by atoms with E-state index in [-0.39, 0.29) is 4.90 Å². The first kappa shape index (κ1) is 20.2. The van der Waals surface area contributed by atoms with Gasteiger partial charge in [0.15, 0.2) is 0 Å². The molecule has 1 rings (SSSR count). The predicted octanol–water partition coefficient (Wildman–Crippen LogP) is 2.18. The van der Waals surface area contributed by atoms with Crippen molar-refractivity contribution in [2.45, 2.75) is 56.9 Å². The molecule has 0 aromatic heterocycles. The molecule has 1 atom stereocenters. The van der Waals surface area contributed by atoms with Crippen LogP contribution in [-0.4, -0.2) is 25.6 Å². The van der Waals surface area contributed by atoms with E-state index in [1.54, 1.807) is 12.1 Å². The smallest absolute Gasteiger partial charge is 0.261 e. The number of carbonyl (C=O) groups excluding carboxylic acids is 1. The third-order valence-electron chi connectivity index (χ3n) is 3.39. The molecule has 24 heavy (non-hydrogen) atoms. The number of amides is 1. The first-order valence-corrected chi connectivity index (χ1v) is 9.44. The van der Waals surface area contributed by atoms with E-state index < -0.39 is 22.0 Å². The summed E-state index contributed by atoms with van der Waals surface area (Å²) in [6, 6.07) is 5.05. The highest BCUT2D eigenvalue weighted by molar-refractivity contribution is 7.89. The molecule has 0 heterocycles. The van der Waals surface area contributed by atoms with Gasteiger partial charge in [-0.05, 0) is 37.6 Å². The molecule has 0 unspecified atom stereocenters. The van der Waals surface area contributed by atoms with Gasteiger partial charge >= 0.3 is 0 Å². The van der Waals surface area contributed by atoms with Crippen LogP contribution in [0.3, 0.4) is 0 Å². The molecular formula is C17H24N2O4S. The minimum atomic E-state index is -3.84. The van der Waals surface area contributed by atoms with Gasteiger partial charge in [0.25, 0.3) is 5.91 Å². The zero-order chi connectivity index (χ0) is 18.0. The van der Waals surface area contributed by atoms with Crippen molar-refractivity contribution in [3.05, 3.63) is 29.8 Å². The highest BCUT2D eigenvalue weighted by Gasteiger charge is 2.21. The lowest BCUT2D eigenvalue weighted by atomic mass is 10.1. The molecular weight excluding hydrogens is 328 g/mol. The second-order valence-electron chi connectivity index (χ2n) is 5.46. The zero-order valence-corrected chi connectivity index (χ0v) is 14.8. The highest BCUT2D eigenvalue weighted by Crippen LogP contribution is 2.11. The van der Waals surface area contributed by atoms with Crippen LogP contribution in [0.2, 0.25) is 0 Å². The van der Waals surface area contributed by atoms with E-state index in [0.717, 1.165) is 18.4 Å². The van der Waals surface area contributed by atoms with E-state index in [1.165, 1.54) is 43.8 Å². The summed E-state index contributed by atoms with van der Waals surface area (Å²) in [5.41, 5.74) is 2.15. The van der Waals surface area contributed by atoms with Gasteiger partial charge in [0.2, 0.25) is 10.0 Å². The van der Waals surface area contributed by atoms with Gasteiger partial charge in [0.1, 0.15) is 6.04 Å². The lowest BCUT2D eigenvalue weighted by molar-refractivity contribution is -0.130. The molecule has 0 radical (unpaired) electrons. The number of unbranched alkanes of at least 4 members (excludes halogenated alkanes) is 4. The van der Waals surface area contributed by atoms with Crippen LogP contribution < -0.4 is 10.2 Å². The molecule has 132 valence electrons. The molecule has 3 N–H and O–H groups in total. The van der Waals surface area contributed by atoms with Crippen LogP contribution >= 0.6 is 0 Å². The minimum Gasteiger partial charge on any atom is -0.289 e. The van der Waals surface area contributed by atoms with E-state index in [2.05, 4.69) is 23.5 Å². The molecule has 0 bridgehead atoms. The lowest BCUT2D eigenvalue weighted by Gasteiger charge is -2.12. The standard InChI is InChI=1S/C17H24N2O4S/c1-3-4-5-6-7-8-9-15-10-12-16(13-11-15)24(22,23)19-14(2)17(20)18-21/h10-14,19,21H,3-7H2,1-2H3,(H,18,20)/t14-/m1/s1. The number of sulfonamides is 1. The Morgan fingerprint density at radius 3 is 2.46 bits per heavy atom. The lowest BCUT2D eigenvalue weighted by Crippen LogP contribution is -2.43. The normalized spacial score (nSPS) is 12.1. The number of nitrogens with one attached hydrogen (secondary N) is 2. The molecule has 6 nitrogen and oxygen atoms in total. The molecule has 0 spiro atoms. The average Bonchev–Trinajstić information content (AvgIpc) is 2.57. The van der Waals surface area contributed by atoms with E-state index >= 15 is 0 Å². The van der Waals surface area contributed by atoms with Crippen molar-refractivity contribution >= 4 is 15.9 Å². The second kappa shape index (κ2) is 10.1. The predicted molar refractivity (Wildman–Crippen MR) is 91.8 cm³/mol. The van der Waals surface area contributed by atoms with Crippen molar-refractivity contribution in [3.8, 4) is 11.8 Å². The molecule has 7 heteroatoms. The van der Waals surface area contributed by atoms with Crippen molar-refractivity contribution in [3.63, 3.8) is 0 Å². The zero-order valence-electron chi connectivity index (χ0n) is 14.0. The van der Waals surface area contributed by atoms with E-state index in [1.807, 2.05) is 0 Å². The Balaban J connectivity index is 2.66. The highest BCUT2D eigenvalue weighted by atomic mass is 32.2. The number of hydrogen-bond acceptors (Lipinski definition) is 4. The monoisotopic (exact) mass is 352 g/mol. The number of carbonyl (C=O) groups is 1. The van der Waals surface area contributed by atoms with Gasteiger partial charge in [0.05, 0.1) is 4.90 Å². The number of rotatable bonds is 8. The Hall–Kier alpha value is -1.88. The number of benzene rings is 1. The maximum absolute atomic E-state index is 12.1. The van der Waals surface area contributed by atoms with Gasteiger partial charge < -0.3 is 0 Å². The fourth-order valence-corrected chi connectivity index (χ4v) is 3.18. The van der Waals surface area contributed by atoms with Crippen LogP contribution in [0.1, 0.15) is 51.5 Å². The summed E-state index contributed by atoms with van der Waals surface area (Å²) in [4.78, 5) is 11.2. The van der Waals surface area contributed by atoms with Crippen LogP contribution in [0, 0.1) is 11.8 Å².